The van der Waals surface area contributed by atoms with Crippen LogP contribution in [-0.4, -0.2) is 103 Å². The normalized spacial score (nSPS) is 15.7. The number of anilines is 2. The SMILES string of the molecule is CNc1ccnc(-n2cc(-c3cnc(C(=O)Nc4ccc(C(=O)N5CCN(C(=O)C6CCNCC6)CC5)c(Cl)c4)n3C)c(C(F)(F)F)n2)n1. The molecular formula is C31H33ClF3N11O3. The van der Waals surface area contributed by atoms with Crippen LogP contribution in [0.15, 0.2) is 42.9 Å². The minimum Gasteiger partial charge on any atom is -0.373 e. The fraction of sp³-hybridized carbons (Fsp3) is 0.387. The largest absolute Gasteiger partial charge is 0.435 e. The number of nitrogens with one attached hydrogen (secondary N) is 3. The van der Waals surface area contributed by atoms with E-state index in [0.717, 1.165) is 43.0 Å². The average Bonchev–Trinajstić information content (AvgIpc) is 3.72. The second-order valence-corrected chi connectivity index (χ2v) is 12.0. The zero-order chi connectivity index (χ0) is 34.9. The Morgan fingerprint density at radius 3 is 2.41 bits per heavy atom. The van der Waals surface area contributed by atoms with E-state index in [4.69, 9.17) is 11.6 Å². The number of amides is 3. The summed E-state index contributed by atoms with van der Waals surface area (Å²) in [4.78, 5) is 55.1. The van der Waals surface area contributed by atoms with Crippen LogP contribution >= 0.6 is 11.6 Å². The summed E-state index contributed by atoms with van der Waals surface area (Å²) >= 11 is 6.48. The summed E-state index contributed by atoms with van der Waals surface area (Å²) in [6.07, 6.45) is 0.436. The number of imidazole rings is 1. The first-order valence-electron chi connectivity index (χ1n) is 15.5. The molecule has 14 nitrogen and oxygen atoms in total. The molecule has 49 heavy (non-hydrogen) atoms. The van der Waals surface area contributed by atoms with Gasteiger partial charge < -0.3 is 30.3 Å². The molecule has 0 bridgehead atoms. The van der Waals surface area contributed by atoms with Crippen LogP contribution in [0.3, 0.4) is 0 Å². The lowest BCUT2D eigenvalue weighted by Crippen LogP contribution is -2.52. The van der Waals surface area contributed by atoms with Crippen molar-refractivity contribution in [2.24, 2.45) is 13.0 Å². The Hall–Kier alpha value is -5.03. The summed E-state index contributed by atoms with van der Waals surface area (Å²) in [5.74, 6) is -0.765. The van der Waals surface area contributed by atoms with Gasteiger partial charge in [-0.15, -0.1) is 0 Å². The van der Waals surface area contributed by atoms with E-state index in [1.54, 1.807) is 18.0 Å². The van der Waals surface area contributed by atoms with E-state index in [1.165, 1.54) is 36.0 Å². The number of carbonyl (C=O) groups is 3. The summed E-state index contributed by atoms with van der Waals surface area (Å²) in [7, 11) is 3.01. The Morgan fingerprint density at radius 1 is 1.02 bits per heavy atom. The zero-order valence-electron chi connectivity index (χ0n) is 26.6. The summed E-state index contributed by atoms with van der Waals surface area (Å²) < 4.78 is 44.3. The number of aromatic nitrogens is 6. The first kappa shape index (κ1) is 33.9. The van der Waals surface area contributed by atoms with Gasteiger partial charge in [0, 0.05) is 64.3 Å². The lowest BCUT2D eigenvalue weighted by Gasteiger charge is -2.37. The second kappa shape index (κ2) is 13.8. The average molecular weight is 700 g/mol. The molecule has 4 aromatic rings. The number of nitrogens with zero attached hydrogens (tertiary/aromatic N) is 8. The van der Waals surface area contributed by atoms with Crippen LogP contribution in [-0.2, 0) is 18.0 Å². The number of benzene rings is 1. The van der Waals surface area contributed by atoms with Crippen LogP contribution in [0, 0.1) is 5.92 Å². The molecule has 0 radical (unpaired) electrons. The maximum Gasteiger partial charge on any atom is 0.435 e. The van der Waals surface area contributed by atoms with Crippen LogP contribution in [0.2, 0.25) is 5.02 Å². The molecule has 1 aromatic carbocycles. The molecule has 258 valence electrons. The molecule has 6 rings (SSSR count). The van der Waals surface area contributed by atoms with Crippen molar-refractivity contribution in [2.75, 3.05) is 56.9 Å². The van der Waals surface area contributed by atoms with Gasteiger partial charge in [0.05, 0.1) is 28.0 Å². The Bertz CT molecular complexity index is 1880. The molecule has 0 aliphatic carbocycles. The van der Waals surface area contributed by atoms with E-state index in [9.17, 15) is 27.6 Å². The molecule has 2 aliphatic rings. The molecule has 2 fully saturated rings. The van der Waals surface area contributed by atoms with Crippen LogP contribution in [0.25, 0.3) is 17.2 Å². The first-order valence-corrected chi connectivity index (χ1v) is 15.9. The second-order valence-electron chi connectivity index (χ2n) is 11.6. The molecule has 3 aromatic heterocycles. The number of hydrogen-bond acceptors (Lipinski definition) is 9. The molecule has 0 unspecified atom stereocenters. The fourth-order valence-corrected chi connectivity index (χ4v) is 6.18. The van der Waals surface area contributed by atoms with Gasteiger partial charge in [0.1, 0.15) is 5.82 Å². The summed E-state index contributed by atoms with van der Waals surface area (Å²) in [6.45, 7) is 3.27. The third kappa shape index (κ3) is 7.07. The predicted molar refractivity (Wildman–Crippen MR) is 173 cm³/mol. The van der Waals surface area contributed by atoms with Crippen molar-refractivity contribution in [3.8, 4) is 17.2 Å². The highest BCUT2D eigenvalue weighted by atomic mass is 35.5. The summed E-state index contributed by atoms with van der Waals surface area (Å²) in [5.41, 5.74) is -1.08. The lowest BCUT2D eigenvalue weighted by molar-refractivity contribution is -0.141. The van der Waals surface area contributed by atoms with Crippen LogP contribution in [0.1, 0.15) is 39.5 Å². The third-order valence-corrected chi connectivity index (χ3v) is 8.89. The zero-order valence-corrected chi connectivity index (χ0v) is 27.3. The van der Waals surface area contributed by atoms with Gasteiger partial charge in [-0.05, 0) is 50.2 Å². The highest BCUT2D eigenvalue weighted by Gasteiger charge is 2.39. The van der Waals surface area contributed by atoms with Gasteiger partial charge in [0.2, 0.25) is 5.91 Å². The third-order valence-electron chi connectivity index (χ3n) is 8.58. The number of hydrogen-bond donors (Lipinski definition) is 3. The van der Waals surface area contributed by atoms with Crippen molar-refractivity contribution < 1.29 is 27.6 Å². The monoisotopic (exact) mass is 699 g/mol. The Morgan fingerprint density at radius 2 is 1.73 bits per heavy atom. The molecule has 0 saturated carbocycles. The van der Waals surface area contributed by atoms with Gasteiger partial charge in [-0.3, -0.25) is 14.4 Å². The van der Waals surface area contributed by atoms with Crippen LogP contribution in [0.4, 0.5) is 24.7 Å². The molecule has 18 heteroatoms. The first-order chi connectivity index (χ1) is 23.4. The standard InChI is InChI=1S/C31H33ClF3N11O3/c1-36-24-7-10-38-30(41-24)46-17-21(25(42-46)31(33,34)35)23-16-39-26(43(23)2)27(47)40-19-3-4-20(22(32)15-19)29(49)45-13-11-44(12-14-45)28(48)18-5-8-37-9-6-18/h3-4,7,10,15-18,37H,5-6,8-9,11-14H2,1-2H3,(H,40,47)(H,36,38,41). The van der Waals surface area contributed by atoms with Gasteiger partial charge in [0.15, 0.2) is 11.5 Å². The lowest BCUT2D eigenvalue weighted by atomic mass is 9.96. The van der Waals surface area contributed by atoms with Crippen molar-refractivity contribution in [1.29, 1.82) is 0 Å². The molecule has 0 atom stereocenters. The van der Waals surface area contributed by atoms with Crippen LogP contribution < -0.4 is 16.0 Å². The molecule has 3 amide bonds. The van der Waals surface area contributed by atoms with E-state index in [-0.39, 0.29) is 57.0 Å². The Balaban J connectivity index is 1.14. The number of alkyl halides is 3. The summed E-state index contributed by atoms with van der Waals surface area (Å²) in [5, 5.41) is 12.5. The van der Waals surface area contributed by atoms with Crippen molar-refractivity contribution in [3.63, 3.8) is 0 Å². The molecule has 2 saturated heterocycles. The Labute approximate surface area is 283 Å². The molecular weight excluding hydrogens is 667 g/mol. The summed E-state index contributed by atoms with van der Waals surface area (Å²) in [6, 6.07) is 5.96. The van der Waals surface area contributed by atoms with Gasteiger partial charge in [-0.1, -0.05) is 11.6 Å². The molecule has 3 N–H and O–H groups in total. The number of halogens is 4. The van der Waals surface area contributed by atoms with E-state index in [1.807, 2.05) is 4.90 Å². The van der Waals surface area contributed by atoms with Gasteiger partial charge >= 0.3 is 6.18 Å². The van der Waals surface area contributed by atoms with E-state index in [2.05, 4.69) is 36.0 Å². The van der Waals surface area contributed by atoms with Crippen molar-refractivity contribution in [1.82, 2.24) is 44.4 Å². The topological polar surface area (TPSA) is 155 Å². The minimum absolute atomic E-state index is 0.0104. The minimum atomic E-state index is -4.83. The quantitative estimate of drug-likeness (QED) is 0.264. The molecule has 5 heterocycles. The highest BCUT2D eigenvalue weighted by Crippen LogP contribution is 2.37. The van der Waals surface area contributed by atoms with Crippen molar-refractivity contribution in [2.45, 2.75) is 19.0 Å². The number of rotatable bonds is 7. The van der Waals surface area contributed by atoms with E-state index in [0.29, 0.717) is 32.0 Å². The maximum absolute atomic E-state index is 14.1. The molecule has 2 aliphatic heterocycles. The van der Waals surface area contributed by atoms with Crippen molar-refractivity contribution in [3.05, 3.63) is 65.0 Å². The van der Waals surface area contributed by atoms with Crippen LogP contribution in [0.5, 0.6) is 0 Å². The van der Waals surface area contributed by atoms with E-state index < -0.39 is 17.8 Å². The highest BCUT2D eigenvalue weighted by molar-refractivity contribution is 6.34. The number of piperidine rings is 1. The maximum atomic E-state index is 14.1. The Kier molecular flexibility index (Phi) is 9.56. The van der Waals surface area contributed by atoms with E-state index >= 15 is 0 Å². The molecule has 0 spiro atoms. The van der Waals surface area contributed by atoms with Gasteiger partial charge in [-0.25, -0.2) is 14.6 Å². The van der Waals surface area contributed by atoms with Gasteiger partial charge in [-0.2, -0.15) is 23.3 Å². The number of carbonyl (C=O) groups excluding carboxylic acids is 3. The number of piperazine rings is 1. The smallest absolute Gasteiger partial charge is 0.373 e. The fourth-order valence-electron chi connectivity index (χ4n) is 5.92. The van der Waals surface area contributed by atoms with Crippen molar-refractivity contribution >= 4 is 40.8 Å². The van der Waals surface area contributed by atoms with Gasteiger partial charge in [0.25, 0.3) is 17.8 Å². The predicted octanol–water partition coefficient (Wildman–Crippen LogP) is 3.31.